The van der Waals surface area contributed by atoms with Crippen molar-refractivity contribution in [2.75, 3.05) is 25.5 Å². The van der Waals surface area contributed by atoms with Gasteiger partial charge in [0.25, 0.3) is 0 Å². The predicted octanol–water partition coefficient (Wildman–Crippen LogP) is 3.93. The summed E-state index contributed by atoms with van der Waals surface area (Å²) in [6.07, 6.45) is 5.29. The third-order valence-electron chi connectivity index (χ3n) is 3.90. The van der Waals surface area contributed by atoms with Gasteiger partial charge in [0, 0.05) is 23.3 Å². The third-order valence-corrected chi connectivity index (χ3v) is 4.31. The molecule has 0 spiro atoms. The van der Waals surface area contributed by atoms with Crippen LogP contribution in [0.1, 0.15) is 31.2 Å². The van der Waals surface area contributed by atoms with Crippen LogP contribution in [0.5, 0.6) is 0 Å². The first-order valence-corrected chi connectivity index (χ1v) is 7.25. The maximum Gasteiger partial charge on any atom is 0.0455 e. The van der Waals surface area contributed by atoms with Crippen molar-refractivity contribution in [2.45, 2.75) is 38.6 Å². The number of aryl methyl sites for hydroxylation is 1. The van der Waals surface area contributed by atoms with Crippen LogP contribution in [0.25, 0.3) is 0 Å². The molecule has 1 heterocycles. The van der Waals surface area contributed by atoms with Crippen LogP contribution in [0, 0.1) is 6.92 Å². The number of nitrogens with one attached hydrogen (secondary N) is 1. The Bertz CT molecular complexity index is 392. The second kappa shape index (κ2) is 6.44. The SMILES string of the molecule is Cc1ccc(NCCC2CCCCN2C)cc1Cl. The Labute approximate surface area is 115 Å². The van der Waals surface area contributed by atoms with Crippen molar-refractivity contribution in [3.63, 3.8) is 0 Å². The first-order chi connectivity index (χ1) is 8.66. The number of likely N-dealkylation sites (tertiary alicyclic amines) is 1. The molecule has 1 fully saturated rings. The molecular weight excluding hydrogens is 244 g/mol. The van der Waals surface area contributed by atoms with E-state index in [1.165, 1.54) is 32.2 Å². The van der Waals surface area contributed by atoms with Crippen molar-refractivity contribution in [1.82, 2.24) is 4.90 Å². The Balaban J connectivity index is 1.79. The number of piperidine rings is 1. The molecule has 1 aromatic rings. The smallest absolute Gasteiger partial charge is 0.0455 e. The minimum atomic E-state index is 0.743. The highest BCUT2D eigenvalue weighted by Crippen LogP contribution is 2.21. The maximum absolute atomic E-state index is 6.12. The zero-order valence-electron chi connectivity index (χ0n) is 11.4. The highest BCUT2D eigenvalue weighted by atomic mass is 35.5. The van der Waals surface area contributed by atoms with Gasteiger partial charge in [-0.2, -0.15) is 0 Å². The van der Waals surface area contributed by atoms with E-state index in [2.05, 4.69) is 29.4 Å². The highest BCUT2D eigenvalue weighted by molar-refractivity contribution is 6.31. The van der Waals surface area contributed by atoms with Crippen molar-refractivity contribution < 1.29 is 0 Å². The zero-order valence-corrected chi connectivity index (χ0v) is 12.1. The quantitative estimate of drug-likeness (QED) is 0.888. The van der Waals surface area contributed by atoms with E-state index < -0.39 is 0 Å². The topological polar surface area (TPSA) is 15.3 Å². The molecule has 0 aromatic heterocycles. The number of nitrogens with zero attached hydrogens (tertiary/aromatic N) is 1. The average Bonchev–Trinajstić information content (AvgIpc) is 2.36. The summed E-state index contributed by atoms with van der Waals surface area (Å²) < 4.78 is 0. The highest BCUT2D eigenvalue weighted by Gasteiger charge is 2.17. The fourth-order valence-corrected chi connectivity index (χ4v) is 2.78. The lowest BCUT2D eigenvalue weighted by molar-refractivity contribution is 0.179. The van der Waals surface area contributed by atoms with Gasteiger partial charge in [0.1, 0.15) is 0 Å². The molecule has 2 rings (SSSR count). The molecule has 1 aromatic carbocycles. The van der Waals surface area contributed by atoms with Crippen LogP contribution < -0.4 is 5.32 Å². The summed E-state index contributed by atoms with van der Waals surface area (Å²) in [5, 5.41) is 4.31. The van der Waals surface area contributed by atoms with Crippen molar-refractivity contribution >= 4 is 17.3 Å². The summed E-state index contributed by atoms with van der Waals surface area (Å²) in [4.78, 5) is 2.49. The molecule has 1 saturated heterocycles. The first-order valence-electron chi connectivity index (χ1n) is 6.87. The summed E-state index contributed by atoms with van der Waals surface area (Å²) in [5.74, 6) is 0. The lowest BCUT2D eigenvalue weighted by Crippen LogP contribution is -2.37. The van der Waals surface area contributed by atoms with Crippen LogP contribution in [-0.4, -0.2) is 31.1 Å². The maximum atomic E-state index is 6.12. The molecule has 100 valence electrons. The first kappa shape index (κ1) is 13.7. The fourth-order valence-electron chi connectivity index (χ4n) is 2.59. The van der Waals surface area contributed by atoms with Gasteiger partial charge in [-0.1, -0.05) is 24.1 Å². The molecule has 1 atom stereocenters. The number of rotatable bonds is 4. The van der Waals surface area contributed by atoms with Gasteiger partial charge in [-0.15, -0.1) is 0 Å². The van der Waals surface area contributed by atoms with Gasteiger partial charge < -0.3 is 10.2 Å². The lowest BCUT2D eigenvalue weighted by atomic mass is 10.0. The second-order valence-electron chi connectivity index (χ2n) is 5.31. The Hall–Kier alpha value is -0.730. The van der Waals surface area contributed by atoms with E-state index in [-0.39, 0.29) is 0 Å². The number of benzene rings is 1. The van der Waals surface area contributed by atoms with Crippen LogP contribution in [0.2, 0.25) is 5.02 Å². The van der Waals surface area contributed by atoms with Crippen LogP contribution in [0.15, 0.2) is 18.2 Å². The summed E-state index contributed by atoms with van der Waals surface area (Å²) in [7, 11) is 2.24. The van der Waals surface area contributed by atoms with E-state index in [1.54, 1.807) is 0 Å². The summed E-state index contributed by atoms with van der Waals surface area (Å²) in [5.41, 5.74) is 2.26. The zero-order chi connectivity index (χ0) is 13.0. The van der Waals surface area contributed by atoms with Crippen LogP contribution >= 0.6 is 11.6 Å². The van der Waals surface area contributed by atoms with Gasteiger partial charge in [0.2, 0.25) is 0 Å². The molecule has 0 amide bonds. The van der Waals surface area contributed by atoms with Gasteiger partial charge >= 0.3 is 0 Å². The van der Waals surface area contributed by atoms with Crippen molar-refractivity contribution in [2.24, 2.45) is 0 Å². The molecule has 2 nitrogen and oxygen atoms in total. The normalized spacial score (nSPS) is 20.9. The van der Waals surface area contributed by atoms with Crippen LogP contribution in [0.3, 0.4) is 0 Å². The minimum absolute atomic E-state index is 0.743. The average molecular weight is 267 g/mol. The standard InChI is InChI=1S/C15H23ClN2/c1-12-6-7-13(11-15(12)16)17-9-8-14-5-3-4-10-18(14)2/h6-7,11,14,17H,3-5,8-10H2,1-2H3. The fraction of sp³-hybridized carbons (Fsp3) is 0.600. The van der Waals surface area contributed by atoms with Gasteiger partial charge in [0.05, 0.1) is 0 Å². The minimum Gasteiger partial charge on any atom is -0.385 e. The van der Waals surface area contributed by atoms with Gasteiger partial charge in [-0.3, -0.25) is 0 Å². The molecule has 1 unspecified atom stereocenters. The van der Waals surface area contributed by atoms with Gasteiger partial charge in [-0.05, 0) is 57.5 Å². The second-order valence-corrected chi connectivity index (χ2v) is 5.72. The monoisotopic (exact) mass is 266 g/mol. The van der Waals surface area contributed by atoms with Gasteiger partial charge in [0.15, 0.2) is 0 Å². The molecule has 0 bridgehead atoms. The van der Waals surface area contributed by atoms with E-state index in [0.717, 1.165) is 28.9 Å². The Morgan fingerprint density at radius 2 is 2.22 bits per heavy atom. The molecule has 1 N–H and O–H groups in total. The Kier molecular flexibility index (Phi) is 4.90. The molecule has 1 aliphatic heterocycles. The number of hydrogen-bond acceptors (Lipinski definition) is 2. The molecule has 18 heavy (non-hydrogen) atoms. The molecule has 0 aliphatic carbocycles. The van der Waals surface area contributed by atoms with E-state index in [1.807, 2.05) is 13.0 Å². The lowest BCUT2D eigenvalue weighted by Gasteiger charge is -2.32. The number of anilines is 1. The summed E-state index contributed by atoms with van der Waals surface area (Å²) in [6.45, 7) is 4.30. The Morgan fingerprint density at radius 1 is 1.39 bits per heavy atom. The van der Waals surface area contributed by atoms with Crippen molar-refractivity contribution in [1.29, 1.82) is 0 Å². The van der Waals surface area contributed by atoms with Crippen LogP contribution in [-0.2, 0) is 0 Å². The molecule has 3 heteroatoms. The van der Waals surface area contributed by atoms with E-state index in [4.69, 9.17) is 11.6 Å². The van der Waals surface area contributed by atoms with Gasteiger partial charge in [-0.25, -0.2) is 0 Å². The van der Waals surface area contributed by atoms with E-state index in [9.17, 15) is 0 Å². The van der Waals surface area contributed by atoms with Crippen LogP contribution in [0.4, 0.5) is 5.69 Å². The third kappa shape index (κ3) is 3.63. The number of halogens is 1. The predicted molar refractivity (Wildman–Crippen MR) is 79.6 cm³/mol. The van der Waals surface area contributed by atoms with E-state index >= 15 is 0 Å². The number of hydrogen-bond donors (Lipinski definition) is 1. The molecule has 0 radical (unpaired) electrons. The summed E-state index contributed by atoms with van der Waals surface area (Å²) in [6, 6.07) is 6.93. The molecular formula is C15H23ClN2. The summed E-state index contributed by atoms with van der Waals surface area (Å²) >= 11 is 6.12. The van der Waals surface area contributed by atoms with E-state index in [0.29, 0.717) is 0 Å². The van der Waals surface area contributed by atoms with Crippen molar-refractivity contribution in [3.8, 4) is 0 Å². The van der Waals surface area contributed by atoms with Crippen molar-refractivity contribution in [3.05, 3.63) is 28.8 Å². The Morgan fingerprint density at radius 3 is 2.94 bits per heavy atom. The largest absolute Gasteiger partial charge is 0.385 e. The molecule has 0 saturated carbocycles. The molecule has 1 aliphatic rings.